The molecule has 1 heterocycles. The number of halogens is 1. The maximum atomic E-state index is 11.0. The molecule has 1 aromatic carbocycles. The number of carbonyl (C=O) groups is 1. The van der Waals surface area contributed by atoms with Crippen LogP contribution in [0.4, 0.5) is 5.69 Å². The summed E-state index contributed by atoms with van der Waals surface area (Å²) < 4.78 is 0. The highest BCUT2D eigenvalue weighted by Gasteiger charge is 2.39. The van der Waals surface area contributed by atoms with E-state index >= 15 is 0 Å². The van der Waals surface area contributed by atoms with Crippen LogP contribution in [0.15, 0.2) is 42.5 Å². The van der Waals surface area contributed by atoms with Crippen LogP contribution in [0, 0.1) is 11.8 Å². The van der Waals surface area contributed by atoms with Crippen LogP contribution in [0.25, 0.3) is 6.08 Å². The minimum atomic E-state index is -0.876. The second-order valence-electron chi connectivity index (χ2n) is 7.05. The number of aliphatic hydroxyl groups is 1. The van der Waals surface area contributed by atoms with Gasteiger partial charge in [0, 0.05) is 21.9 Å². The highest BCUT2D eigenvalue weighted by Crippen LogP contribution is 2.40. The van der Waals surface area contributed by atoms with Gasteiger partial charge >= 0.3 is 5.97 Å². The van der Waals surface area contributed by atoms with E-state index in [2.05, 4.69) is 6.08 Å². The van der Waals surface area contributed by atoms with E-state index in [-0.39, 0.29) is 17.2 Å². The van der Waals surface area contributed by atoms with E-state index in [9.17, 15) is 9.90 Å². The van der Waals surface area contributed by atoms with E-state index in [1.165, 1.54) is 11.3 Å². The standard InChI is InChI=1S/C21H24ClNO3S/c22-18-12-19(24)17(10-6-13-4-7-14(23)8-5-13)16(18)3-1-2-15-9-11-20(27-15)21(25)26/h4-11,16-19,24H,1-3,12,23H2,(H,25,26)/b10-6+/t16-,17-,18-,19-/m1/s1. The molecule has 0 aliphatic heterocycles. The van der Waals surface area contributed by atoms with Gasteiger partial charge in [-0.15, -0.1) is 22.9 Å². The van der Waals surface area contributed by atoms with Crippen molar-refractivity contribution in [2.45, 2.75) is 37.2 Å². The van der Waals surface area contributed by atoms with Crippen molar-refractivity contribution in [2.75, 3.05) is 5.73 Å². The van der Waals surface area contributed by atoms with Crippen LogP contribution in [0.3, 0.4) is 0 Å². The Morgan fingerprint density at radius 3 is 2.67 bits per heavy atom. The van der Waals surface area contributed by atoms with E-state index < -0.39 is 12.1 Å². The van der Waals surface area contributed by atoms with E-state index in [0.717, 1.165) is 35.4 Å². The van der Waals surface area contributed by atoms with Gasteiger partial charge in [0.15, 0.2) is 0 Å². The smallest absolute Gasteiger partial charge is 0.345 e. The number of rotatable bonds is 7. The van der Waals surface area contributed by atoms with E-state index in [4.69, 9.17) is 22.4 Å². The fourth-order valence-electron chi connectivity index (χ4n) is 3.70. The van der Waals surface area contributed by atoms with E-state index in [1.54, 1.807) is 6.07 Å². The first kappa shape index (κ1) is 19.9. The predicted molar refractivity (Wildman–Crippen MR) is 111 cm³/mol. The number of aryl methyl sites for hydroxylation is 1. The molecule has 4 N–H and O–H groups in total. The molecular formula is C21H24ClNO3S. The average Bonchev–Trinajstić information content (AvgIpc) is 3.20. The highest BCUT2D eigenvalue weighted by atomic mass is 35.5. The first-order valence-corrected chi connectivity index (χ1v) is 10.4. The van der Waals surface area contributed by atoms with Crippen molar-refractivity contribution in [2.24, 2.45) is 11.8 Å². The van der Waals surface area contributed by atoms with Gasteiger partial charge in [-0.2, -0.15) is 0 Å². The zero-order valence-corrected chi connectivity index (χ0v) is 16.5. The molecule has 3 rings (SSSR count). The number of aromatic carboxylic acids is 1. The molecule has 27 heavy (non-hydrogen) atoms. The summed E-state index contributed by atoms with van der Waals surface area (Å²) in [4.78, 5) is 12.4. The zero-order valence-electron chi connectivity index (χ0n) is 14.9. The predicted octanol–water partition coefficient (Wildman–Crippen LogP) is 4.67. The molecule has 1 aliphatic rings. The van der Waals surface area contributed by atoms with Crippen molar-refractivity contribution in [1.29, 1.82) is 0 Å². The van der Waals surface area contributed by atoms with Gasteiger partial charge in [-0.3, -0.25) is 0 Å². The summed E-state index contributed by atoms with van der Waals surface area (Å²) in [5.74, 6) is -0.632. The average molecular weight is 406 g/mol. The number of anilines is 1. The van der Waals surface area contributed by atoms with Gasteiger partial charge in [-0.1, -0.05) is 24.3 Å². The maximum absolute atomic E-state index is 11.0. The minimum absolute atomic E-state index is 0.0305. The molecule has 4 nitrogen and oxygen atoms in total. The lowest BCUT2D eigenvalue weighted by atomic mass is 9.89. The number of carboxylic acids is 1. The third kappa shape index (κ3) is 5.12. The number of nitrogens with two attached hydrogens (primary N) is 1. The number of carboxylic acid groups (broad SMARTS) is 1. The topological polar surface area (TPSA) is 83.6 Å². The maximum Gasteiger partial charge on any atom is 0.345 e. The fourth-order valence-corrected chi connectivity index (χ4v) is 5.07. The lowest BCUT2D eigenvalue weighted by molar-refractivity contribution is 0.0702. The van der Waals surface area contributed by atoms with Crippen molar-refractivity contribution in [1.82, 2.24) is 0 Å². The summed E-state index contributed by atoms with van der Waals surface area (Å²) in [5.41, 5.74) is 7.49. The molecule has 144 valence electrons. The molecule has 4 atom stereocenters. The Labute approximate surface area is 168 Å². The Balaban J connectivity index is 1.59. The number of hydrogen-bond donors (Lipinski definition) is 3. The number of benzene rings is 1. The third-order valence-electron chi connectivity index (χ3n) is 5.15. The SMILES string of the molecule is Nc1ccc(/C=C/[C@@H]2[C@@H](CCCc3ccc(C(=O)O)s3)[C@H](Cl)C[C@H]2O)cc1. The quantitative estimate of drug-likeness (QED) is 0.461. The first-order valence-electron chi connectivity index (χ1n) is 9.12. The summed E-state index contributed by atoms with van der Waals surface area (Å²) >= 11 is 7.84. The molecule has 0 unspecified atom stereocenters. The Morgan fingerprint density at radius 2 is 2.00 bits per heavy atom. The molecule has 0 saturated heterocycles. The molecule has 1 aromatic heterocycles. The number of hydrogen-bond acceptors (Lipinski definition) is 4. The van der Waals surface area contributed by atoms with Gasteiger partial charge in [0.2, 0.25) is 0 Å². The van der Waals surface area contributed by atoms with Crippen molar-refractivity contribution in [3.05, 3.63) is 57.8 Å². The number of nitrogen functional groups attached to an aromatic ring is 1. The van der Waals surface area contributed by atoms with E-state index in [1.807, 2.05) is 36.4 Å². The summed E-state index contributed by atoms with van der Waals surface area (Å²) in [6.45, 7) is 0. The fraction of sp³-hybridized carbons (Fsp3) is 0.381. The molecular weight excluding hydrogens is 382 g/mol. The second-order valence-corrected chi connectivity index (χ2v) is 8.78. The Kier molecular flexibility index (Phi) is 6.58. The largest absolute Gasteiger partial charge is 0.477 e. The Hall–Kier alpha value is -1.82. The summed E-state index contributed by atoms with van der Waals surface area (Å²) in [6, 6.07) is 11.2. The number of alkyl halides is 1. The summed E-state index contributed by atoms with van der Waals surface area (Å²) in [5, 5.41) is 19.4. The normalized spacial score (nSPS) is 25.3. The molecule has 0 bridgehead atoms. The lowest BCUT2D eigenvalue weighted by Gasteiger charge is -2.20. The number of aliphatic hydroxyl groups excluding tert-OH is 1. The Morgan fingerprint density at radius 1 is 1.26 bits per heavy atom. The summed E-state index contributed by atoms with van der Waals surface area (Å²) in [6.07, 6.45) is 6.93. The van der Waals surface area contributed by atoms with Crippen LogP contribution >= 0.6 is 22.9 Å². The molecule has 0 radical (unpaired) electrons. The van der Waals surface area contributed by atoms with Crippen molar-refractivity contribution < 1.29 is 15.0 Å². The molecule has 2 aromatic rings. The van der Waals surface area contributed by atoms with Crippen molar-refractivity contribution in [3.8, 4) is 0 Å². The van der Waals surface area contributed by atoms with Crippen LogP contribution in [-0.4, -0.2) is 27.7 Å². The van der Waals surface area contributed by atoms with Crippen LogP contribution in [-0.2, 0) is 6.42 Å². The molecule has 6 heteroatoms. The van der Waals surface area contributed by atoms with Crippen LogP contribution in [0.5, 0.6) is 0 Å². The third-order valence-corrected chi connectivity index (χ3v) is 6.79. The second kappa shape index (κ2) is 8.91. The summed E-state index contributed by atoms with van der Waals surface area (Å²) in [7, 11) is 0. The Bertz CT molecular complexity index is 802. The van der Waals surface area contributed by atoms with Crippen LogP contribution in [0.2, 0.25) is 0 Å². The highest BCUT2D eigenvalue weighted by molar-refractivity contribution is 7.13. The van der Waals surface area contributed by atoms with Gasteiger partial charge in [-0.25, -0.2) is 4.79 Å². The lowest BCUT2D eigenvalue weighted by Crippen LogP contribution is -2.18. The monoisotopic (exact) mass is 405 g/mol. The van der Waals surface area contributed by atoms with Gasteiger partial charge in [0.1, 0.15) is 4.88 Å². The van der Waals surface area contributed by atoms with E-state index in [0.29, 0.717) is 11.3 Å². The van der Waals surface area contributed by atoms with Gasteiger partial charge in [0.05, 0.1) is 6.10 Å². The van der Waals surface area contributed by atoms with Crippen molar-refractivity contribution in [3.63, 3.8) is 0 Å². The van der Waals surface area contributed by atoms with Gasteiger partial charge in [-0.05, 0) is 61.4 Å². The number of thiophene rings is 1. The molecule has 1 fully saturated rings. The zero-order chi connectivity index (χ0) is 19.4. The molecule has 1 saturated carbocycles. The van der Waals surface area contributed by atoms with Crippen molar-refractivity contribution >= 4 is 40.7 Å². The van der Waals surface area contributed by atoms with Crippen LogP contribution < -0.4 is 5.73 Å². The first-order chi connectivity index (χ1) is 12.9. The molecule has 0 amide bonds. The minimum Gasteiger partial charge on any atom is -0.477 e. The van der Waals surface area contributed by atoms with Gasteiger partial charge < -0.3 is 15.9 Å². The van der Waals surface area contributed by atoms with Crippen LogP contribution in [0.1, 0.15) is 39.4 Å². The molecule has 1 aliphatic carbocycles. The van der Waals surface area contributed by atoms with Gasteiger partial charge in [0.25, 0.3) is 0 Å². The molecule has 0 spiro atoms.